The molecule has 0 aromatic rings. The molecule has 1 aliphatic heterocycles. The maximum absolute atomic E-state index is 8.99. The SMILES string of the molecule is CC1=C(O)C(C)N1C. The second-order valence-electron chi connectivity index (χ2n) is 2.26. The first-order valence-electron chi connectivity index (χ1n) is 2.77. The molecule has 0 aromatic carbocycles. The van der Waals surface area contributed by atoms with Crippen molar-refractivity contribution in [2.45, 2.75) is 19.9 Å². The summed E-state index contributed by atoms with van der Waals surface area (Å²) < 4.78 is 0. The number of likely N-dealkylation sites (N-methyl/N-ethyl adjacent to an activating group) is 1. The van der Waals surface area contributed by atoms with Gasteiger partial charge in [-0.1, -0.05) is 0 Å². The minimum Gasteiger partial charge on any atom is -0.508 e. The highest BCUT2D eigenvalue weighted by Crippen LogP contribution is 2.25. The van der Waals surface area contributed by atoms with Gasteiger partial charge >= 0.3 is 0 Å². The van der Waals surface area contributed by atoms with E-state index < -0.39 is 0 Å². The Labute approximate surface area is 49.4 Å². The summed E-state index contributed by atoms with van der Waals surface area (Å²) in [6.45, 7) is 3.89. The molecule has 1 heterocycles. The summed E-state index contributed by atoms with van der Waals surface area (Å²) in [4.78, 5) is 2.04. The first-order chi connectivity index (χ1) is 3.64. The summed E-state index contributed by atoms with van der Waals surface area (Å²) in [7, 11) is 1.97. The summed E-state index contributed by atoms with van der Waals surface area (Å²) in [5, 5.41) is 8.99. The van der Waals surface area contributed by atoms with Crippen LogP contribution in [0.4, 0.5) is 0 Å². The molecule has 1 atom stereocenters. The Morgan fingerprint density at radius 1 is 1.62 bits per heavy atom. The number of hydrogen-bond donors (Lipinski definition) is 1. The molecule has 0 radical (unpaired) electrons. The van der Waals surface area contributed by atoms with Gasteiger partial charge in [0.2, 0.25) is 0 Å². The van der Waals surface area contributed by atoms with Crippen molar-refractivity contribution in [2.75, 3.05) is 7.05 Å². The van der Waals surface area contributed by atoms with Crippen molar-refractivity contribution in [1.82, 2.24) is 4.90 Å². The molecule has 0 amide bonds. The number of allylic oxidation sites excluding steroid dienone is 1. The predicted molar refractivity (Wildman–Crippen MR) is 32.6 cm³/mol. The van der Waals surface area contributed by atoms with E-state index in [0.29, 0.717) is 5.76 Å². The van der Waals surface area contributed by atoms with Crippen LogP contribution >= 0.6 is 0 Å². The molecule has 0 aliphatic carbocycles. The molecule has 0 bridgehead atoms. The van der Waals surface area contributed by atoms with Crippen LogP contribution in [0.5, 0.6) is 0 Å². The molecule has 1 rings (SSSR count). The van der Waals surface area contributed by atoms with Gasteiger partial charge in [0.15, 0.2) is 0 Å². The lowest BCUT2D eigenvalue weighted by Crippen LogP contribution is -2.40. The fraction of sp³-hybridized carbons (Fsp3) is 0.667. The van der Waals surface area contributed by atoms with E-state index in [1.54, 1.807) is 0 Å². The summed E-state index contributed by atoms with van der Waals surface area (Å²) >= 11 is 0. The van der Waals surface area contributed by atoms with Gasteiger partial charge in [0.05, 0.1) is 11.7 Å². The van der Waals surface area contributed by atoms with Gasteiger partial charge in [-0.3, -0.25) is 0 Å². The van der Waals surface area contributed by atoms with E-state index >= 15 is 0 Å². The second kappa shape index (κ2) is 1.41. The van der Waals surface area contributed by atoms with Gasteiger partial charge in [0, 0.05) is 7.05 Å². The third kappa shape index (κ3) is 0.427. The van der Waals surface area contributed by atoms with Crippen LogP contribution in [0.1, 0.15) is 13.8 Å². The lowest BCUT2D eigenvalue weighted by Gasteiger charge is -2.37. The van der Waals surface area contributed by atoms with Gasteiger partial charge in [-0.05, 0) is 13.8 Å². The Kier molecular flexibility index (Phi) is 0.962. The van der Waals surface area contributed by atoms with E-state index in [-0.39, 0.29) is 6.04 Å². The number of hydrogen-bond acceptors (Lipinski definition) is 2. The standard InChI is InChI=1S/C6H11NO/c1-4-6(8)5(2)7(4)3/h4,8H,1-3H3. The highest BCUT2D eigenvalue weighted by atomic mass is 16.3. The van der Waals surface area contributed by atoms with E-state index in [4.69, 9.17) is 5.11 Å². The average Bonchev–Trinajstić information content (AvgIpc) is 1.83. The third-order valence-corrected chi connectivity index (χ3v) is 1.88. The maximum atomic E-state index is 8.99. The number of rotatable bonds is 0. The number of aliphatic hydroxyl groups is 1. The van der Waals surface area contributed by atoms with E-state index in [1.165, 1.54) is 0 Å². The third-order valence-electron chi connectivity index (χ3n) is 1.88. The van der Waals surface area contributed by atoms with Gasteiger partial charge < -0.3 is 10.0 Å². The van der Waals surface area contributed by atoms with Crippen LogP contribution in [0, 0.1) is 0 Å². The average molecular weight is 113 g/mol. The first-order valence-corrected chi connectivity index (χ1v) is 2.77. The zero-order valence-corrected chi connectivity index (χ0v) is 5.47. The van der Waals surface area contributed by atoms with Crippen LogP contribution in [-0.2, 0) is 0 Å². The number of nitrogens with zero attached hydrogens (tertiary/aromatic N) is 1. The Balaban J connectivity index is 2.74. The van der Waals surface area contributed by atoms with Gasteiger partial charge in [-0.2, -0.15) is 0 Å². The lowest BCUT2D eigenvalue weighted by molar-refractivity contribution is 0.182. The van der Waals surface area contributed by atoms with Crippen molar-refractivity contribution in [2.24, 2.45) is 0 Å². The van der Waals surface area contributed by atoms with Crippen LogP contribution in [0.3, 0.4) is 0 Å². The van der Waals surface area contributed by atoms with Gasteiger partial charge in [0.1, 0.15) is 5.76 Å². The van der Waals surface area contributed by atoms with Crippen molar-refractivity contribution in [1.29, 1.82) is 0 Å². The molecule has 46 valence electrons. The Morgan fingerprint density at radius 2 is 2.12 bits per heavy atom. The molecule has 1 unspecified atom stereocenters. The fourth-order valence-electron chi connectivity index (χ4n) is 0.891. The van der Waals surface area contributed by atoms with Crippen molar-refractivity contribution in [3.63, 3.8) is 0 Å². The van der Waals surface area contributed by atoms with Crippen molar-refractivity contribution < 1.29 is 5.11 Å². The summed E-state index contributed by atoms with van der Waals surface area (Å²) in [5.74, 6) is 0.535. The van der Waals surface area contributed by atoms with Gasteiger partial charge in [-0.25, -0.2) is 0 Å². The summed E-state index contributed by atoms with van der Waals surface area (Å²) in [6.07, 6.45) is 0. The smallest absolute Gasteiger partial charge is 0.133 e. The highest BCUT2D eigenvalue weighted by Gasteiger charge is 2.26. The van der Waals surface area contributed by atoms with Gasteiger partial charge in [0.25, 0.3) is 0 Å². The Hall–Kier alpha value is -0.660. The molecule has 1 N–H and O–H groups in total. The molecule has 8 heavy (non-hydrogen) atoms. The molecule has 0 fully saturated rings. The Bertz CT molecular complexity index is 123. The molecular formula is C6H11NO. The Morgan fingerprint density at radius 3 is 2.25 bits per heavy atom. The predicted octanol–water partition coefficient (Wildman–Crippen LogP) is 1.11. The lowest BCUT2D eigenvalue weighted by atomic mass is 10.1. The number of aliphatic hydroxyl groups excluding tert-OH is 1. The zero-order valence-electron chi connectivity index (χ0n) is 5.47. The fourth-order valence-corrected chi connectivity index (χ4v) is 0.891. The van der Waals surface area contributed by atoms with Crippen LogP contribution in [-0.4, -0.2) is 23.1 Å². The molecule has 0 spiro atoms. The minimum absolute atomic E-state index is 0.245. The van der Waals surface area contributed by atoms with Gasteiger partial charge in [-0.15, -0.1) is 0 Å². The normalized spacial score (nSPS) is 28.4. The highest BCUT2D eigenvalue weighted by molar-refractivity contribution is 5.20. The largest absolute Gasteiger partial charge is 0.508 e. The molecular weight excluding hydrogens is 102 g/mol. The second-order valence-corrected chi connectivity index (χ2v) is 2.26. The molecule has 0 aromatic heterocycles. The summed E-state index contributed by atoms with van der Waals surface area (Å²) in [5.41, 5.74) is 0.998. The van der Waals surface area contributed by atoms with Crippen LogP contribution < -0.4 is 0 Å². The van der Waals surface area contributed by atoms with E-state index in [9.17, 15) is 0 Å². The van der Waals surface area contributed by atoms with Crippen LogP contribution in [0.25, 0.3) is 0 Å². The molecule has 2 nitrogen and oxygen atoms in total. The van der Waals surface area contributed by atoms with E-state index in [2.05, 4.69) is 0 Å². The van der Waals surface area contributed by atoms with Crippen molar-refractivity contribution in [3.8, 4) is 0 Å². The first kappa shape index (κ1) is 5.48. The molecule has 1 aliphatic rings. The van der Waals surface area contributed by atoms with Crippen molar-refractivity contribution in [3.05, 3.63) is 11.5 Å². The molecule has 0 saturated carbocycles. The van der Waals surface area contributed by atoms with E-state index in [1.807, 2.05) is 25.8 Å². The minimum atomic E-state index is 0.245. The topological polar surface area (TPSA) is 23.5 Å². The zero-order chi connectivity index (χ0) is 6.31. The summed E-state index contributed by atoms with van der Waals surface area (Å²) in [6, 6.07) is 0.245. The molecule has 0 saturated heterocycles. The quantitative estimate of drug-likeness (QED) is 0.508. The molecule has 2 heteroatoms. The van der Waals surface area contributed by atoms with Crippen LogP contribution in [0.2, 0.25) is 0 Å². The van der Waals surface area contributed by atoms with Crippen molar-refractivity contribution >= 4 is 0 Å². The van der Waals surface area contributed by atoms with E-state index in [0.717, 1.165) is 5.70 Å². The monoisotopic (exact) mass is 113 g/mol. The maximum Gasteiger partial charge on any atom is 0.133 e. The van der Waals surface area contributed by atoms with Crippen LogP contribution in [0.15, 0.2) is 11.5 Å².